The van der Waals surface area contributed by atoms with Gasteiger partial charge in [-0.3, -0.25) is 9.58 Å². The minimum atomic E-state index is 0.576. The summed E-state index contributed by atoms with van der Waals surface area (Å²) in [5.74, 6) is 0. The van der Waals surface area contributed by atoms with Crippen LogP contribution in [0.1, 0.15) is 37.9 Å². The van der Waals surface area contributed by atoms with E-state index in [4.69, 9.17) is 0 Å². The molecule has 1 aliphatic rings. The summed E-state index contributed by atoms with van der Waals surface area (Å²) in [4.78, 5) is 2.55. The zero-order chi connectivity index (χ0) is 13.1. The van der Waals surface area contributed by atoms with E-state index in [0.717, 1.165) is 13.1 Å². The molecular weight excluding hydrogens is 224 g/mol. The lowest BCUT2D eigenvalue weighted by atomic mass is 10.1. The van der Waals surface area contributed by atoms with E-state index in [9.17, 15) is 0 Å². The lowest BCUT2D eigenvalue weighted by Crippen LogP contribution is -2.40. The molecule has 1 saturated heterocycles. The molecule has 1 aromatic rings. The standard InChI is InChI=1S/C14H26N4/c1-11(2)18(10-14-6-5-7-15-14)9-13-8-16-17(4)12(13)3/h8,11,14-15H,5-7,9-10H2,1-4H3. The van der Waals surface area contributed by atoms with Crippen molar-refractivity contribution in [3.8, 4) is 0 Å². The van der Waals surface area contributed by atoms with Crippen molar-refractivity contribution in [3.63, 3.8) is 0 Å². The van der Waals surface area contributed by atoms with Crippen molar-refractivity contribution in [2.45, 2.75) is 52.2 Å². The third-order valence-electron chi connectivity index (χ3n) is 4.06. The molecule has 0 radical (unpaired) electrons. The highest BCUT2D eigenvalue weighted by atomic mass is 15.3. The van der Waals surface area contributed by atoms with Gasteiger partial charge >= 0.3 is 0 Å². The van der Waals surface area contributed by atoms with Gasteiger partial charge in [0.15, 0.2) is 0 Å². The van der Waals surface area contributed by atoms with Crippen LogP contribution in [0.25, 0.3) is 0 Å². The van der Waals surface area contributed by atoms with E-state index in [0.29, 0.717) is 12.1 Å². The first-order chi connectivity index (χ1) is 8.58. The predicted molar refractivity (Wildman–Crippen MR) is 74.5 cm³/mol. The minimum absolute atomic E-state index is 0.576. The molecule has 0 aliphatic carbocycles. The Morgan fingerprint density at radius 2 is 2.33 bits per heavy atom. The number of aromatic nitrogens is 2. The minimum Gasteiger partial charge on any atom is -0.313 e. The Kier molecular flexibility index (Phi) is 4.40. The highest BCUT2D eigenvalue weighted by Crippen LogP contribution is 2.15. The van der Waals surface area contributed by atoms with Crippen molar-refractivity contribution >= 4 is 0 Å². The highest BCUT2D eigenvalue weighted by molar-refractivity contribution is 5.15. The number of hydrogen-bond acceptors (Lipinski definition) is 3. The summed E-state index contributed by atoms with van der Waals surface area (Å²) in [6.45, 7) is 10.0. The van der Waals surface area contributed by atoms with Crippen molar-refractivity contribution in [2.24, 2.45) is 7.05 Å². The van der Waals surface area contributed by atoms with Crippen LogP contribution in [-0.2, 0) is 13.6 Å². The summed E-state index contributed by atoms with van der Waals surface area (Å²) in [7, 11) is 2.01. The molecule has 0 aromatic carbocycles. The summed E-state index contributed by atoms with van der Waals surface area (Å²) in [5, 5.41) is 7.92. The number of nitrogens with one attached hydrogen (secondary N) is 1. The molecule has 1 N–H and O–H groups in total. The Balaban J connectivity index is 1.99. The van der Waals surface area contributed by atoms with E-state index < -0.39 is 0 Å². The maximum Gasteiger partial charge on any atom is 0.0537 e. The van der Waals surface area contributed by atoms with Crippen LogP contribution in [0, 0.1) is 6.92 Å². The molecule has 2 heterocycles. The average molecular weight is 250 g/mol. The fraction of sp³-hybridized carbons (Fsp3) is 0.786. The Labute approximate surface area is 110 Å². The molecule has 1 atom stereocenters. The molecule has 1 aliphatic heterocycles. The van der Waals surface area contributed by atoms with Crippen LogP contribution in [0.2, 0.25) is 0 Å². The van der Waals surface area contributed by atoms with Gasteiger partial charge in [0, 0.05) is 43.5 Å². The zero-order valence-corrected chi connectivity index (χ0v) is 12.1. The molecule has 0 bridgehead atoms. The van der Waals surface area contributed by atoms with Crippen molar-refractivity contribution in [1.29, 1.82) is 0 Å². The van der Waals surface area contributed by atoms with Gasteiger partial charge in [0.25, 0.3) is 0 Å². The van der Waals surface area contributed by atoms with Crippen LogP contribution in [0.4, 0.5) is 0 Å². The Hall–Kier alpha value is -0.870. The van der Waals surface area contributed by atoms with E-state index in [1.54, 1.807) is 0 Å². The first-order valence-corrected chi connectivity index (χ1v) is 7.03. The van der Waals surface area contributed by atoms with Crippen molar-refractivity contribution in [2.75, 3.05) is 13.1 Å². The predicted octanol–water partition coefficient (Wildman–Crippen LogP) is 1.69. The molecule has 1 unspecified atom stereocenters. The summed E-state index contributed by atoms with van der Waals surface area (Å²) in [5.41, 5.74) is 2.63. The summed E-state index contributed by atoms with van der Waals surface area (Å²) in [6.07, 6.45) is 4.64. The topological polar surface area (TPSA) is 33.1 Å². The van der Waals surface area contributed by atoms with Crippen LogP contribution < -0.4 is 5.32 Å². The average Bonchev–Trinajstić information content (AvgIpc) is 2.93. The number of rotatable bonds is 5. The van der Waals surface area contributed by atoms with Crippen LogP contribution in [-0.4, -0.2) is 39.9 Å². The molecule has 1 fully saturated rings. The quantitative estimate of drug-likeness (QED) is 0.863. The second-order valence-corrected chi connectivity index (χ2v) is 5.70. The molecule has 0 amide bonds. The van der Waals surface area contributed by atoms with Gasteiger partial charge in [-0.15, -0.1) is 0 Å². The Bertz CT molecular complexity index is 377. The zero-order valence-electron chi connectivity index (χ0n) is 12.1. The molecule has 2 rings (SSSR count). The van der Waals surface area contributed by atoms with Gasteiger partial charge in [-0.2, -0.15) is 5.10 Å². The van der Waals surface area contributed by atoms with E-state index in [-0.39, 0.29) is 0 Å². The fourth-order valence-electron chi connectivity index (χ4n) is 2.57. The molecule has 0 spiro atoms. The molecule has 18 heavy (non-hydrogen) atoms. The normalized spacial score (nSPS) is 20.2. The Morgan fingerprint density at radius 3 is 2.83 bits per heavy atom. The number of nitrogens with zero attached hydrogens (tertiary/aromatic N) is 3. The largest absolute Gasteiger partial charge is 0.313 e. The van der Waals surface area contributed by atoms with Gasteiger partial charge in [-0.25, -0.2) is 0 Å². The monoisotopic (exact) mass is 250 g/mol. The van der Waals surface area contributed by atoms with Gasteiger partial charge in [-0.1, -0.05) is 0 Å². The van der Waals surface area contributed by atoms with Gasteiger partial charge in [0.2, 0.25) is 0 Å². The molecule has 4 heteroatoms. The van der Waals surface area contributed by atoms with Crippen LogP contribution >= 0.6 is 0 Å². The molecular formula is C14H26N4. The first-order valence-electron chi connectivity index (χ1n) is 7.03. The third kappa shape index (κ3) is 3.12. The van der Waals surface area contributed by atoms with Gasteiger partial charge in [-0.05, 0) is 40.2 Å². The first kappa shape index (κ1) is 13.6. The SMILES string of the molecule is Cc1c(CN(CC2CCCN2)C(C)C)cnn1C. The highest BCUT2D eigenvalue weighted by Gasteiger charge is 2.20. The van der Waals surface area contributed by atoms with E-state index in [1.807, 2.05) is 17.9 Å². The molecule has 0 saturated carbocycles. The van der Waals surface area contributed by atoms with Crippen molar-refractivity contribution in [1.82, 2.24) is 20.0 Å². The second-order valence-electron chi connectivity index (χ2n) is 5.70. The maximum absolute atomic E-state index is 4.33. The van der Waals surface area contributed by atoms with Gasteiger partial charge < -0.3 is 5.32 Å². The molecule has 4 nitrogen and oxygen atoms in total. The van der Waals surface area contributed by atoms with Crippen LogP contribution in [0.15, 0.2) is 6.20 Å². The van der Waals surface area contributed by atoms with E-state index >= 15 is 0 Å². The Morgan fingerprint density at radius 1 is 1.56 bits per heavy atom. The van der Waals surface area contributed by atoms with Crippen molar-refractivity contribution in [3.05, 3.63) is 17.5 Å². The van der Waals surface area contributed by atoms with Crippen LogP contribution in [0.5, 0.6) is 0 Å². The van der Waals surface area contributed by atoms with E-state index in [1.165, 1.54) is 30.6 Å². The summed E-state index contributed by atoms with van der Waals surface area (Å²) in [6, 6.07) is 1.25. The molecule has 102 valence electrons. The smallest absolute Gasteiger partial charge is 0.0537 e. The number of hydrogen-bond donors (Lipinski definition) is 1. The lowest BCUT2D eigenvalue weighted by Gasteiger charge is -2.29. The van der Waals surface area contributed by atoms with Gasteiger partial charge in [0.05, 0.1) is 6.20 Å². The summed E-state index contributed by atoms with van der Waals surface area (Å²) < 4.78 is 1.96. The van der Waals surface area contributed by atoms with Crippen molar-refractivity contribution < 1.29 is 0 Å². The molecule has 1 aromatic heterocycles. The third-order valence-corrected chi connectivity index (χ3v) is 4.06. The van der Waals surface area contributed by atoms with Gasteiger partial charge in [0.1, 0.15) is 0 Å². The van der Waals surface area contributed by atoms with E-state index in [2.05, 4.69) is 36.1 Å². The van der Waals surface area contributed by atoms with Crippen LogP contribution in [0.3, 0.4) is 0 Å². The lowest BCUT2D eigenvalue weighted by molar-refractivity contribution is 0.193. The maximum atomic E-state index is 4.33. The summed E-state index contributed by atoms with van der Waals surface area (Å²) >= 11 is 0. The number of aryl methyl sites for hydroxylation is 1. The fourth-order valence-corrected chi connectivity index (χ4v) is 2.57. The second kappa shape index (κ2) is 5.85.